The zero-order chi connectivity index (χ0) is 10.9. The Morgan fingerprint density at radius 3 is 1.40 bits per heavy atom. The average molecular weight is 281 g/mol. The first-order valence-electron chi connectivity index (χ1n) is 5.23. The number of benzene rings is 1. The molecule has 1 aromatic rings. The molecular formula is C13H20OY. The molecular weight excluding hydrogens is 261 g/mol. The standard InChI is InChI=1S/C13H20O.Y/c1-6-12-8(2)10(4)13(7-14)11(5)9(12)3;/h14H,6-7H2,1-5H3;. The maximum atomic E-state index is 9.31. The summed E-state index contributed by atoms with van der Waals surface area (Å²) in [4.78, 5) is 0. The number of aliphatic hydroxyl groups is 1. The van der Waals surface area contributed by atoms with Crippen molar-refractivity contribution in [3.63, 3.8) is 0 Å². The van der Waals surface area contributed by atoms with Crippen LogP contribution in [0.1, 0.15) is 40.3 Å². The molecule has 1 aromatic carbocycles. The molecule has 0 spiro atoms. The van der Waals surface area contributed by atoms with E-state index in [-0.39, 0.29) is 39.3 Å². The summed E-state index contributed by atoms with van der Waals surface area (Å²) < 4.78 is 0. The van der Waals surface area contributed by atoms with E-state index in [1.54, 1.807) is 0 Å². The molecule has 0 aromatic heterocycles. The Kier molecular flexibility index (Phi) is 6.24. The Balaban J connectivity index is 0.00000196. The summed E-state index contributed by atoms with van der Waals surface area (Å²) in [6.07, 6.45) is 1.07. The van der Waals surface area contributed by atoms with Gasteiger partial charge in [0, 0.05) is 32.7 Å². The molecule has 0 heterocycles. The fourth-order valence-electron chi connectivity index (χ4n) is 2.24. The molecule has 1 radical (unpaired) electrons. The van der Waals surface area contributed by atoms with Crippen molar-refractivity contribution in [3.05, 3.63) is 33.4 Å². The van der Waals surface area contributed by atoms with Gasteiger partial charge in [0.05, 0.1) is 6.61 Å². The zero-order valence-electron chi connectivity index (χ0n) is 10.4. The molecule has 1 nitrogen and oxygen atoms in total. The smallest absolute Gasteiger partial charge is 0.0687 e. The van der Waals surface area contributed by atoms with E-state index in [4.69, 9.17) is 0 Å². The normalized spacial score (nSPS) is 10.0. The Morgan fingerprint density at radius 1 is 0.800 bits per heavy atom. The first-order chi connectivity index (χ1) is 6.54. The van der Waals surface area contributed by atoms with E-state index in [0.29, 0.717) is 0 Å². The molecule has 0 aliphatic rings. The van der Waals surface area contributed by atoms with Gasteiger partial charge in [0.1, 0.15) is 0 Å². The van der Waals surface area contributed by atoms with E-state index < -0.39 is 0 Å². The Bertz CT molecular complexity index is 292. The SMILES string of the molecule is CCc1c(C)c(C)c(CO)c(C)c1C.[Y]. The van der Waals surface area contributed by atoms with E-state index in [9.17, 15) is 5.11 Å². The number of aliphatic hydroxyl groups excluding tert-OH is 1. The van der Waals surface area contributed by atoms with Crippen molar-refractivity contribution in [2.24, 2.45) is 0 Å². The van der Waals surface area contributed by atoms with Crippen molar-refractivity contribution in [1.82, 2.24) is 0 Å². The molecule has 2 heteroatoms. The molecule has 0 atom stereocenters. The third-order valence-corrected chi connectivity index (χ3v) is 3.45. The van der Waals surface area contributed by atoms with Crippen LogP contribution >= 0.6 is 0 Å². The maximum Gasteiger partial charge on any atom is 0.0687 e. The second-order valence-electron chi connectivity index (χ2n) is 3.97. The minimum atomic E-state index is 0. The van der Waals surface area contributed by atoms with E-state index >= 15 is 0 Å². The van der Waals surface area contributed by atoms with Gasteiger partial charge in [0.25, 0.3) is 0 Å². The van der Waals surface area contributed by atoms with Crippen LogP contribution in [0, 0.1) is 27.7 Å². The largest absolute Gasteiger partial charge is 0.392 e. The van der Waals surface area contributed by atoms with E-state index in [1.807, 2.05) is 0 Å². The minimum Gasteiger partial charge on any atom is -0.392 e. The third-order valence-electron chi connectivity index (χ3n) is 3.45. The van der Waals surface area contributed by atoms with Crippen LogP contribution in [0.25, 0.3) is 0 Å². The molecule has 1 rings (SSSR count). The summed E-state index contributed by atoms with van der Waals surface area (Å²) in [6.45, 7) is 10.9. The summed E-state index contributed by atoms with van der Waals surface area (Å²) in [7, 11) is 0. The van der Waals surface area contributed by atoms with E-state index in [0.717, 1.165) is 12.0 Å². The van der Waals surface area contributed by atoms with Gasteiger partial charge < -0.3 is 5.11 Å². The van der Waals surface area contributed by atoms with Crippen LogP contribution in [0.2, 0.25) is 0 Å². The van der Waals surface area contributed by atoms with Crippen LogP contribution in [0.5, 0.6) is 0 Å². The van der Waals surface area contributed by atoms with Crippen molar-refractivity contribution >= 4 is 0 Å². The molecule has 15 heavy (non-hydrogen) atoms. The van der Waals surface area contributed by atoms with E-state index in [2.05, 4.69) is 34.6 Å². The van der Waals surface area contributed by atoms with Gasteiger partial charge in [-0.05, 0) is 67.5 Å². The molecule has 0 saturated heterocycles. The quantitative estimate of drug-likeness (QED) is 0.883. The summed E-state index contributed by atoms with van der Waals surface area (Å²) in [6, 6.07) is 0. The molecule has 0 amide bonds. The van der Waals surface area contributed by atoms with E-state index in [1.165, 1.54) is 27.8 Å². The summed E-state index contributed by atoms with van der Waals surface area (Å²) >= 11 is 0. The Labute approximate surface area is 118 Å². The fraction of sp³-hybridized carbons (Fsp3) is 0.538. The van der Waals surface area contributed by atoms with Crippen molar-refractivity contribution in [2.75, 3.05) is 0 Å². The zero-order valence-corrected chi connectivity index (χ0v) is 13.3. The second kappa shape index (κ2) is 6.13. The monoisotopic (exact) mass is 281 g/mol. The minimum absolute atomic E-state index is 0. The van der Waals surface area contributed by atoms with Crippen molar-refractivity contribution < 1.29 is 37.8 Å². The van der Waals surface area contributed by atoms with Gasteiger partial charge in [-0.25, -0.2) is 0 Å². The number of rotatable bonds is 2. The Morgan fingerprint density at radius 2 is 1.13 bits per heavy atom. The van der Waals surface area contributed by atoms with Crippen molar-refractivity contribution in [1.29, 1.82) is 0 Å². The van der Waals surface area contributed by atoms with Crippen LogP contribution in [-0.4, -0.2) is 5.11 Å². The molecule has 0 aliphatic carbocycles. The average Bonchev–Trinajstić information content (AvgIpc) is 2.17. The first-order valence-corrected chi connectivity index (χ1v) is 5.23. The summed E-state index contributed by atoms with van der Waals surface area (Å²) in [5.41, 5.74) is 7.76. The van der Waals surface area contributed by atoms with Gasteiger partial charge in [0.2, 0.25) is 0 Å². The third kappa shape index (κ3) is 2.69. The predicted molar refractivity (Wildman–Crippen MR) is 60.7 cm³/mol. The number of hydrogen-bond acceptors (Lipinski definition) is 1. The molecule has 0 saturated carbocycles. The van der Waals surface area contributed by atoms with Gasteiger partial charge in [-0.3, -0.25) is 0 Å². The van der Waals surface area contributed by atoms with Crippen LogP contribution in [0.15, 0.2) is 0 Å². The molecule has 0 aliphatic heterocycles. The molecule has 0 unspecified atom stereocenters. The topological polar surface area (TPSA) is 20.2 Å². The van der Waals surface area contributed by atoms with Crippen LogP contribution < -0.4 is 0 Å². The molecule has 0 fully saturated rings. The van der Waals surface area contributed by atoms with Crippen LogP contribution in [-0.2, 0) is 45.7 Å². The van der Waals surface area contributed by atoms with Gasteiger partial charge >= 0.3 is 0 Å². The van der Waals surface area contributed by atoms with Crippen molar-refractivity contribution in [2.45, 2.75) is 47.6 Å². The molecule has 81 valence electrons. The van der Waals surface area contributed by atoms with Gasteiger partial charge in [-0.1, -0.05) is 6.92 Å². The fourth-order valence-corrected chi connectivity index (χ4v) is 2.24. The van der Waals surface area contributed by atoms with Gasteiger partial charge in [-0.2, -0.15) is 0 Å². The van der Waals surface area contributed by atoms with Crippen molar-refractivity contribution in [3.8, 4) is 0 Å². The maximum absolute atomic E-state index is 9.31. The predicted octanol–water partition coefficient (Wildman–Crippen LogP) is 2.97. The summed E-state index contributed by atoms with van der Waals surface area (Å²) in [5.74, 6) is 0. The Hall–Kier alpha value is 0.284. The molecule has 0 bridgehead atoms. The van der Waals surface area contributed by atoms with Gasteiger partial charge in [0.15, 0.2) is 0 Å². The number of hydrogen-bond donors (Lipinski definition) is 1. The van der Waals surface area contributed by atoms with Crippen LogP contribution in [0.4, 0.5) is 0 Å². The second-order valence-corrected chi connectivity index (χ2v) is 3.97. The summed E-state index contributed by atoms with van der Waals surface area (Å²) in [5, 5.41) is 9.31. The first kappa shape index (κ1) is 15.3. The van der Waals surface area contributed by atoms with Gasteiger partial charge in [-0.15, -0.1) is 0 Å². The van der Waals surface area contributed by atoms with Crippen LogP contribution in [0.3, 0.4) is 0 Å². The molecule has 1 N–H and O–H groups in total.